The van der Waals surface area contributed by atoms with Crippen molar-refractivity contribution in [3.8, 4) is 0 Å². The molecule has 1 aliphatic rings. The molecule has 1 N–H and O–H groups in total. The number of nitrogens with zero attached hydrogens (tertiary/aromatic N) is 1. The van der Waals surface area contributed by atoms with Crippen molar-refractivity contribution in [1.82, 2.24) is 4.90 Å². The quantitative estimate of drug-likeness (QED) is 0.841. The molecule has 1 unspecified atom stereocenters. The Morgan fingerprint density at radius 1 is 1.31 bits per heavy atom. The fourth-order valence-corrected chi connectivity index (χ4v) is 2.45. The Balaban J connectivity index is 1.82. The van der Waals surface area contributed by atoms with Crippen LogP contribution < -0.4 is 0 Å². The first-order chi connectivity index (χ1) is 7.75. The third kappa shape index (κ3) is 3.06. The fraction of sp³-hybridized carbons (Fsp3) is 0.571. The molecule has 1 aromatic carbocycles. The molecule has 2 nitrogen and oxygen atoms in total. The predicted molar refractivity (Wildman–Crippen MR) is 66.4 cm³/mol. The summed E-state index contributed by atoms with van der Waals surface area (Å²) in [5.74, 6) is 0. The molecule has 2 atom stereocenters. The highest BCUT2D eigenvalue weighted by Crippen LogP contribution is 2.17. The van der Waals surface area contributed by atoms with Crippen LogP contribution in [-0.2, 0) is 6.42 Å². The van der Waals surface area contributed by atoms with Crippen molar-refractivity contribution in [2.75, 3.05) is 13.1 Å². The monoisotopic (exact) mass is 219 g/mol. The molecule has 0 amide bonds. The third-order valence-electron chi connectivity index (χ3n) is 3.52. The van der Waals surface area contributed by atoms with Crippen molar-refractivity contribution >= 4 is 0 Å². The number of aliphatic hydroxyl groups excluding tert-OH is 1. The van der Waals surface area contributed by atoms with Crippen LogP contribution in [0.4, 0.5) is 0 Å². The fourth-order valence-electron chi connectivity index (χ4n) is 2.45. The SMILES string of the molecule is CC1C[C@H](O)CCN1CCc1ccccc1. The van der Waals surface area contributed by atoms with Gasteiger partial charge in [-0.15, -0.1) is 0 Å². The third-order valence-corrected chi connectivity index (χ3v) is 3.52. The molecule has 0 aromatic heterocycles. The molecule has 0 aliphatic carbocycles. The minimum Gasteiger partial charge on any atom is -0.393 e. The Labute approximate surface area is 97.9 Å². The van der Waals surface area contributed by atoms with E-state index in [4.69, 9.17) is 0 Å². The van der Waals surface area contributed by atoms with E-state index >= 15 is 0 Å². The molecule has 0 radical (unpaired) electrons. The minimum absolute atomic E-state index is 0.0806. The Hall–Kier alpha value is -0.860. The molecule has 0 spiro atoms. The second-order valence-electron chi connectivity index (χ2n) is 4.80. The summed E-state index contributed by atoms with van der Waals surface area (Å²) in [5.41, 5.74) is 1.40. The summed E-state index contributed by atoms with van der Waals surface area (Å²) in [6.45, 7) is 4.36. The first-order valence-corrected chi connectivity index (χ1v) is 6.22. The van der Waals surface area contributed by atoms with Crippen LogP contribution in [0.3, 0.4) is 0 Å². The van der Waals surface area contributed by atoms with Gasteiger partial charge in [0.1, 0.15) is 0 Å². The molecule has 1 heterocycles. The van der Waals surface area contributed by atoms with E-state index in [1.54, 1.807) is 0 Å². The number of likely N-dealkylation sites (tertiary alicyclic amines) is 1. The molecule has 0 saturated carbocycles. The Morgan fingerprint density at radius 3 is 2.75 bits per heavy atom. The van der Waals surface area contributed by atoms with Gasteiger partial charge in [0, 0.05) is 19.1 Å². The van der Waals surface area contributed by atoms with Gasteiger partial charge in [-0.2, -0.15) is 0 Å². The highest BCUT2D eigenvalue weighted by atomic mass is 16.3. The summed E-state index contributed by atoms with van der Waals surface area (Å²) >= 11 is 0. The van der Waals surface area contributed by atoms with E-state index in [0.717, 1.165) is 32.4 Å². The van der Waals surface area contributed by atoms with E-state index in [0.29, 0.717) is 6.04 Å². The number of hydrogen-bond acceptors (Lipinski definition) is 2. The summed E-state index contributed by atoms with van der Waals surface area (Å²) in [6.07, 6.45) is 2.89. The molecule has 1 aromatic rings. The lowest BCUT2D eigenvalue weighted by atomic mass is 10.00. The van der Waals surface area contributed by atoms with Crippen molar-refractivity contribution in [2.24, 2.45) is 0 Å². The molecule has 1 aliphatic heterocycles. The van der Waals surface area contributed by atoms with Crippen molar-refractivity contribution < 1.29 is 5.11 Å². The van der Waals surface area contributed by atoms with Crippen LogP contribution in [0.2, 0.25) is 0 Å². The zero-order chi connectivity index (χ0) is 11.4. The lowest BCUT2D eigenvalue weighted by molar-refractivity contribution is 0.0490. The molecule has 2 rings (SSSR count). The Kier molecular flexibility index (Phi) is 3.97. The van der Waals surface area contributed by atoms with E-state index in [-0.39, 0.29) is 6.10 Å². The second kappa shape index (κ2) is 5.46. The van der Waals surface area contributed by atoms with Gasteiger partial charge < -0.3 is 10.0 Å². The maximum atomic E-state index is 9.56. The van der Waals surface area contributed by atoms with Gasteiger partial charge in [-0.25, -0.2) is 0 Å². The van der Waals surface area contributed by atoms with Gasteiger partial charge in [0.15, 0.2) is 0 Å². The summed E-state index contributed by atoms with van der Waals surface area (Å²) in [7, 11) is 0. The van der Waals surface area contributed by atoms with Gasteiger partial charge in [-0.3, -0.25) is 0 Å². The van der Waals surface area contributed by atoms with Crippen molar-refractivity contribution in [1.29, 1.82) is 0 Å². The van der Waals surface area contributed by atoms with Gasteiger partial charge in [-0.1, -0.05) is 30.3 Å². The second-order valence-corrected chi connectivity index (χ2v) is 4.80. The van der Waals surface area contributed by atoms with Crippen LogP contribution in [0.1, 0.15) is 25.3 Å². The predicted octanol–water partition coefficient (Wildman–Crippen LogP) is 2.07. The molecule has 1 fully saturated rings. The van der Waals surface area contributed by atoms with Gasteiger partial charge in [0.25, 0.3) is 0 Å². The Bertz CT molecular complexity index is 312. The van der Waals surface area contributed by atoms with Crippen LogP contribution in [0.15, 0.2) is 30.3 Å². The smallest absolute Gasteiger partial charge is 0.0567 e. The van der Waals surface area contributed by atoms with Crippen molar-refractivity contribution in [3.05, 3.63) is 35.9 Å². The lowest BCUT2D eigenvalue weighted by Gasteiger charge is -2.35. The standard InChI is InChI=1S/C14H21NO/c1-12-11-14(16)8-10-15(12)9-7-13-5-3-2-4-6-13/h2-6,12,14,16H,7-11H2,1H3/t12?,14-/m1/s1. The van der Waals surface area contributed by atoms with E-state index in [1.807, 2.05) is 0 Å². The van der Waals surface area contributed by atoms with Crippen molar-refractivity contribution in [3.63, 3.8) is 0 Å². The first-order valence-electron chi connectivity index (χ1n) is 6.22. The maximum Gasteiger partial charge on any atom is 0.0567 e. The number of aliphatic hydroxyl groups is 1. The van der Waals surface area contributed by atoms with Crippen molar-refractivity contribution in [2.45, 2.75) is 38.3 Å². The molecule has 2 heteroatoms. The molecule has 0 bridgehead atoms. The first kappa shape index (κ1) is 11.6. The number of piperidine rings is 1. The van der Waals surface area contributed by atoms with E-state index in [9.17, 15) is 5.11 Å². The number of benzene rings is 1. The highest BCUT2D eigenvalue weighted by Gasteiger charge is 2.23. The van der Waals surface area contributed by atoms with Crippen LogP contribution in [0, 0.1) is 0 Å². The summed E-state index contributed by atoms with van der Waals surface area (Å²) < 4.78 is 0. The topological polar surface area (TPSA) is 23.5 Å². The van der Waals surface area contributed by atoms with Gasteiger partial charge in [-0.05, 0) is 31.7 Å². The minimum atomic E-state index is -0.0806. The summed E-state index contributed by atoms with van der Waals surface area (Å²) in [6, 6.07) is 11.1. The van der Waals surface area contributed by atoms with Crippen LogP contribution in [-0.4, -0.2) is 35.2 Å². The average molecular weight is 219 g/mol. The normalized spacial score (nSPS) is 26.9. The summed E-state index contributed by atoms with van der Waals surface area (Å²) in [4.78, 5) is 2.49. The zero-order valence-corrected chi connectivity index (χ0v) is 9.97. The van der Waals surface area contributed by atoms with E-state index < -0.39 is 0 Å². The van der Waals surface area contributed by atoms with Gasteiger partial charge in [0.2, 0.25) is 0 Å². The molecule has 88 valence electrons. The van der Waals surface area contributed by atoms with Gasteiger partial charge in [0.05, 0.1) is 6.10 Å². The van der Waals surface area contributed by atoms with Crippen LogP contribution in [0.25, 0.3) is 0 Å². The Morgan fingerprint density at radius 2 is 2.06 bits per heavy atom. The average Bonchev–Trinajstić information content (AvgIpc) is 2.29. The van der Waals surface area contributed by atoms with Crippen LogP contribution >= 0.6 is 0 Å². The summed E-state index contributed by atoms with van der Waals surface area (Å²) in [5, 5.41) is 9.56. The lowest BCUT2D eigenvalue weighted by Crippen LogP contribution is -2.43. The molecular weight excluding hydrogens is 198 g/mol. The van der Waals surface area contributed by atoms with Gasteiger partial charge >= 0.3 is 0 Å². The largest absolute Gasteiger partial charge is 0.393 e. The van der Waals surface area contributed by atoms with Crippen LogP contribution in [0.5, 0.6) is 0 Å². The van der Waals surface area contributed by atoms with E-state index in [1.165, 1.54) is 5.56 Å². The highest BCUT2D eigenvalue weighted by molar-refractivity contribution is 5.14. The zero-order valence-electron chi connectivity index (χ0n) is 9.97. The number of hydrogen-bond donors (Lipinski definition) is 1. The molecule has 16 heavy (non-hydrogen) atoms. The molecular formula is C14H21NO. The molecule has 1 saturated heterocycles. The van der Waals surface area contributed by atoms with E-state index in [2.05, 4.69) is 42.2 Å². The maximum absolute atomic E-state index is 9.56. The number of rotatable bonds is 3.